The zero-order valence-electron chi connectivity index (χ0n) is 8.10. The SMILES string of the molecule is CCNC(=O)Nc1cc(C)c(Br)cn1. The fraction of sp³-hybridized carbons (Fsp3) is 0.333. The van der Waals surface area contributed by atoms with E-state index in [0.717, 1.165) is 10.0 Å². The molecule has 0 atom stereocenters. The Morgan fingerprint density at radius 2 is 2.36 bits per heavy atom. The minimum Gasteiger partial charge on any atom is -0.338 e. The number of rotatable bonds is 2. The third-order valence-electron chi connectivity index (χ3n) is 1.63. The molecule has 0 saturated heterocycles. The maximum absolute atomic E-state index is 11.1. The Bertz CT molecular complexity index is 341. The van der Waals surface area contributed by atoms with Crippen molar-refractivity contribution in [3.05, 3.63) is 22.3 Å². The molecule has 0 radical (unpaired) electrons. The summed E-state index contributed by atoms with van der Waals surface area (Å²) < 4.78 is 0.930. The number of hydrogen-bond donors (Lipinski definition) is 2. The number of hydrogen-bond acceptors (Lipinski definition) is 2. The first-order chi connectivity index (χ1) is 6.63. The Balaban J connectivity index is 2.68. The summed E-state index contributed by atoms with van der Waals surface area (Å²) in [4.78, 5) is 15.2. The van der Waals surface area contributed by atoms with E-state index in [1.54, 1.807) is 12.3 Å². The number of pyridine rings is 1. The van der Waals surface area contributed by atoms with Crippen molar-refractivity contribution in [1.82, 2.24) is 10.3 Å². The third kappa shape index (κ3) is 2.99. The summed E-state index contributed by atoms with van der Waals surface area (Å²) >= 11 is 3.34. The second-order valence-electron chi connectivity index (χ2n) is 2.80. The van der Waals surface area contributed by atoms with Gasteiger partial charge in [-0.05, 0) is 41.4 Å². The molecular weight excluding hydrogens is 246 g/mol. The zero-order valence-corrected chi connectivity index (χ0v) is 9.68. The summed E-state index contributed by atoms with van der Waals surface area (Å²) in [6.45, 7) is 4.40. The van der Waals surface area contributed by atoms with Gasteiger partial charge in [0.2, 0.25) is 0 Å². The molecule has 1 rings (SSSR count). The fourth-order valence-electron chi connectivity index (χ4n) is 0.929. The number of halogens is 1. The van der Waals surface area contributed by atoms with Crippen LogP contribution in [0.2, 0.25) is 0 Å². The van der Waals surface area contributed by atoms with Crippen LogP contribution in [0.1, 0.15) is 12.5 Å². The average molecular weight is 258 g/mol. The maximum Gasteiger partial charge on any atom is 0.320 e. The van der Waals surface area contributed by atoms with Crippen LogP contribution in [0.15, 0.2) is 16.7 Å². The second kappa shape index (κ2) is 4.95. The number of nitrogens with one attached hydrogen (secondary N) is 2. The Hall–Kier alpha value is -1.10. The van der Waals surface area contributed by atoms with Gasteiger partial charge in [-0.1, -0.05) is 0 Å². The quantitative estimate of drug-likeness (QED) is 0.855. The Kier molecular flexibility index (Phi) is 3.88. The standard InChI is InChI=1S/C9H12BrN3O/c1-3-11-9(14)13-8-4-6(2)7(10)5-12-8/h4-5H,3H2,1-2H3,(H2,11,12,13,14). The molecule has 0 aliphatic heterocycles. The lowest BCUT2D eigenvalue weighted by molar-refractivity contribution is 0.252. The maximum atomic E-state index is 11.1. The van der Waals surface area contributed by atoms with Crippen LogP contribution in [-0.4, -0.2) is 17.6 Å². The molecule has 4 nitrogen and oxygen atoms in total. The monoisotopic (exact) mass is 257 g/mol. The molecule has 0 aliphatic carbocycles. The van der Waals surface area contributed by atoms with E-state index in [2.05, 4.69) is 31.5 Å². The van der Waals surface area contributed by atoms with E-state index in [9.17, 15) is 4.79 Å². The van der Waals surface area contributed by atoms with Gasteiger partial charge in [-0.25, -0.2) is 9.78 Å². The molecule has 2 N–H and O–H groups in total. The number of anilines is 1. The molecule has 0 aromatic carbocycles. The highest BCUT2D eigenvalue weighted by Gasteiger charge is 2.02. The molecule has 76 valence electrons. The van der Waals surface area contributed by atoms with Gasteiger partial charge in [0, 0.05) is 17.2 Å². The summed E-state index contributed by atoms with van der Waals surface area (Å²) in [7, 11) is 0. The molecule has 1 aromatic rings. The predicted molar refractivity (Wildman–Crippen MR) is 59.4 cm³/mol. The predicted octanol–water partition coefficient (Wildman–Crippen LogP) is 2.29. The molecule has 14 heavy (non-hydrogen) atoms. The number of amides is 2. The number of aromatic nitrogens is 1. The third-order valence-corrected chi connectivity index (χ3v) is 2.46. The van der Waals surface area contributed by atoms with E-state index in [4.69, 9.17) is 0 Å². The summed E-state index contributed by atoms with van der Waals surface area (Å²) in [5, 5.41) is 5.26. The van der Waals surface area contributed by atoms with E-state index in [-0.39, 0.29) is 6.03 Å². The number of carbonyl (C=O) groups excluding carboxylic acids is 1. The molecule has 1 aromatic heterocycles. The number of aryl methyl sites for hydroxylation is 1. The first-order valence-corrected chi connectivity index (χ1v) is 5.09. The molecule has 0 saturated carbocycles. The minimum atomic E-state index is -0.235. The van der Waals surface area contributed by atoms with Crippen molar-refractivity contribution in [2.45, 2.75) is 13.8 Å². The van der Waals surface area contributed by atoms with Gasteiger partial charge in [0.05, 0.1) is 0 Å². The normalized spacial score (nSPS) is 9.64. The molecule has 1 heterocycles. The lowest BCUT2D eigenvalue weighted by atomic mass is 10.3. The van der Waals surface area contributed by atoms with Gasteiger partial charge in [0.15, 0.2) is 0 Å². The number of urea groups is 1. The van der Waals surface area contributed by atoms with Gasteiger partial charge in [-0.3, -0.25) is 5.32 Å². The van der Waals surface area contributed by atoms with Crippen LogP contribution < -0.4 is 10.6 Å². The molecule has 0 spiro atoms. The first kappa shape index (κ1) is 11.0. The first-order valence-electron chi connectivity index (χ1n) is 4.30. The van der Waals surface area contributed by atoms with E-state index >= 15 is 0 Å². The Labute approximate surface area is 91.2 Å². The van der Waals surface area contributed by atoms with Crippen molar-refractivity contribution in [3.63, 3.8) is 0 Å². The van der Waals surface area contributed by atoms with Crippen molar-refractivity contribution < 1.29 is 4.79 Å². The van der Waals surface area contributed by atoms with Crippen LogP contribution in [0.5, 0.6) is 0 Å². The van der Waals surface area contributed by atoms with E-state index in [1.165, 1.54) is 0 Å². The van der Waals surface area contributed by atoms with Crippen molar-refractivity contribution >= 4 is 27.8 Å². The van der Waals surface area contributed by atoms with Crippen LogP contribution >= 0.6 is 15.9 Å². The lowest BCUT2D eigenvalue weighted by Gasteiger charge is -2.05. The van der Waals surface area contributed by atoms with Crippen molar-refractivity contribution in [2.24, 2.45) is 0 Å². The summed E-state index contributed by atoms with van der Waals surface area (Å²) in [5.41, 5.74) is 1.03. The summed E-state index contributed by atoms with van der Waals surface area (Å²) in [6.07, 6.45) is 1.66. The van der Waals surface area contributed by atoms with Gasteiger partial charge >= 0.3 is 6.03 Å². The highest BCUT2D eigenvalue weighted by atomic mass is 79.9. The van der Waals surface area contributed by atoms with Gasteiger partial charge in [-0.2, -0.15) is 0 Å². The van der Waals surface area contributed by atoms with E-state index < -0.39 is 0 Å². The summed E-state index contributed by atoms with van der Waals surface area (Å²) in [5.74, 6) is 0.552. The fourth-order valence-corrected chi connectivity index (χ4v) is 1.15. The average Bonchev–Trinajstić information content (AvgIpc) is 2.12. The van der Waals surface area contributed by atoms with Gasteiger partial charge < -0.3 is 5.32 Å². The lowest BCUT2D eigenvalue weighted by Crippen LogP contribution is -2.28. The Morgan fingerprint density at radius 1 is 1.64 bits per heavy atom. The van der Waals surface area contributed by atoms with Crippen LogP contribution in [0.3, 0.4) is 0 Å². The largest absolute Gasteiger partial charge is 0.338 e. The number of carbonyl (C=O) groups is 1. The molecule has 0 aliphatic rings. The van der Waals surface area contributed by atoms with E-state index in [0.29, 0.717) is 12.4 Å². The molecule has 5 heteroatoms. The molecule has 2 amide bonds. The second-order valence-corrected chi connectivity index (χ2v) is 3.66. The van der Waals surface area contributed by atoms with Crippen LogP contribution in [0.25, 0.3) is 0 Å². The summed E-state index contributed by atoms with van der Waals surface area (Å²) in [6, 6.07) is 1.57. The van der Waals surface area contributed by atoms with Crippen molar-refractivity contribution in [2.75, 3.05) is 11.9 Å². The highest BCUT2D eigenvalue weighted by molar-refractivity contribution is 9.10. The van der Waals surface area contributed by atoms with Crippen LogP contribution in [0.4, 0.5) is 10.6 Å². The van der Waals surface area contributed by atoms with Crippen LogP contribution in [-0.2, 0) is 0 Å². The van der Waals surface area contributed by atoms with Gasteiger partial charge in [-0.15, -0.1) is 0 Å². The van der Waals surface area contributed by atoms with Crippen molar-refractivity contribution in [3.8, 4) is 0 Å². The van der Waals surface area contributed by atoms with Gasteiger partial charge in [0.1, 0.15) is 5.82 Å². The smallest absolute Gasteiger partial charge is 0.320 e. The van der Waals surface area contributed by atoms with Gasteiger partial charge in [0.25, 0.3) is 0 Å². The zero-order chi connectivity index (χ0) is 10.6. The van der Waals surface area contributed by atoms with Crippen molar-refractivity contribution in [1.29, 1.82) is 0 Å². The molecule has 0 unspecified atom stereocenters. The molecule has 0 bridgehead atoms. The minimum absolute atomic E-state index is 0.235. The topological polar surface area (TPSA) is 54.0 Å². The molecular formula is C9H12BrN3O. The van der Waals surface area contributed by atoms with Crippen LogP contribution in [0, 0.1) is 6.92 Å². The molecule has 0 fully saturated rings. The Morgan fingerprint density at radius 3 is 2.93 bits per heavy atom. The number of nitrogens with zero attached hydrogens (tertiary/aromatic N) is 1. The van der Waals surface area contributed by atoms with E-state index in [1.807, 2.05) is 13.8 Å². The highest BCUT2D eigenvalue weighted by Crippen LogP contribution is 2.16.